The highest BCUT2D eigenvalue weighted by atomic mass is 35.5. The third-order valence-corrected chi connectivity index (χ3v) is 1.86. The minimum Gasteiger partial charge on any atom is -0.480 e. The molecule has 0 bridgehead atoms. The second-order valence-corrected chi connectivity index (χ2v) is 2.74. The van der Waals surface area contributed by atoms with Gasteiger partial charge in [0, 0.05) is 6.42 Å². The van der Waals surface area contributed by atoms with Crippen molar-refractivity contribution in [3.05, 3.63) is 0 Å². The molecular formula is C5H4ClNO3. The van der Waals surface area contributed by atoms with Crippen LogP contribution in [-0.2, 0) is 9.59 Å². The van der Waals surface area contributed by atoms with Crippen molar-refractivity contribution >= 4 is 29.1 Å². The highest BCUT2D eigenvalue weighted by Crippen LogP contribution is 2.32. The van der Waals surface area contributed by atoms with Crippen LogP contribution in [0, 0.1) is 5.41 Å². The molecule has 4 nitrogen and oxygen atoms in total. The smallest absolute Gasteiger partial charge is 0.333 e. The molecule has 1 unspecified atom stereocenters. The van der Waals surface area contributed by atoms with E-state index in [0.29, 0.717) is 0 Å². The van der Waals surface area contributed by atoms with Crippen LogP contribution >= 0.6 is 11.6 Å². The van der Waals surface area contributed by atoms with Crippen LogP contribution in [0.3, 0.4) is 0 Å². The van der Waals surface area contributed by atoms with Crippen molar-refractivity contribution in [2.75, 3.05) is 0 Å². The molecule has 1 atom stereocenters. The zero-order valence-electron chi connectivity index (χ0n) is 4.85. The summed E-state index contributed by atoms with van der Waals surface area (Å²) in [5.41, 5.74) is -0.211. The van der Waals surface area contributed by atoms with Gasteiger partial charge in [-0.05, 0) is 0 Å². The molecule has 0 heterocycles. The van der Waals surface area contributed by atoms with Gasteiger partial charge < -0.3 is 10.5 Å². The predicted molar refractivity (Wildman–Crippen MR) is 33.6 cm³/mol. The Morgan fingerprint density at radius 3 is 2.40 bits per heavy atom. The lowest BCUT2D eigenvalue weighted by atomic mass is 9.81. The Bertz CT molecular complexity index is 237. The molecule has 1 saturated carbocycles. The summed E-state index contributed by atoms with van der Waals surface area (Å²) in [5, 5.41) is 15.1. The number of carboxylic acid groups (broad SMARTS) is 1. The number of carbonyl (C=O) groups excluding carboxylic acids is 1. The summed E-state index contributed by atoms with van der Waals surface area (Å²) >= 11 is 5.30. The quantitative estimate of drug-likeness (QED) is 0.421. The Balaban J connectivity index is 2.86. The molecule has 1 fully saturated rings. The van der Waals surface area contributed by atoms with Gasteiger partial charge in [0.05, 0.1) is 5.71 Å². The summed E-state index contributed by atoms with van der Waals surface area (Å²) in [5.74, 6) is -2.16. The van der Waals surface area contributed by atoms with Crippen LogP contribution in [-0.4, -0.2) is 27.4 Å². The Morgan fingerprint density at radius 2 is 2.30 bits per heavy atom. The molecule has 0 amide bonds. The summed E-state index contributed by atoms with van der Waals surface area (Å²) in [6.07, 6.45) is -0.164. The molecule has 0 spiro atoms. The van der Waals surface area contributed by atoms with Crippen molar-refractivity contribution in [1.29, 1.82) is 5.41 Å². The standard InChI is InChI=1S/C5H4ClNO3/c6-5(4(9)10)1-2(7)3(5)8/h7H,1H2,(H,9,10). The molecule has 0 aromatic rings. The highest BCUT2D eigenvalue weighted by Gasteiger charge is 2.55. The first kappa shape index (κ1) is 7.21. The zero-order valence-corrected chi connectivity index (χ0v) is 5.60. The van der Waals surface area contributed by atoms with Gasteiger partial charge in [-0.2, -0.15) is 0 Å². The van der Waals surface area contributed by atoms with E-state index in [0.717, 1.165) is 0 Å². The lowest BCUT2D eigenvalue weighted by Crippen LogP contribution is -2.56. The SMILES string of the molecule is N=C1CC(Cl)(C(=O)O)C1=O. The van der Waals surface area contributed by atoms with Gasteiger partial charge >= 0.3 is 5.97 Å². The molecule has 54 valence electrons. The minimum absolute atomic E-state index is 0.164. The van der Waals surface area contributed by atoms with Gasteiger partial charge in [-0.3, -0.25) is 4.79 Å². The maximum absolute atomic E-state index is 10.6. The first-order valence-corrected chi connectivity index (χ1v) is 2.91. The fraction of sp³-hybridized carbons (Fsp3) is 0.400. The van der Waals surface area contributed by atoms with Crippen molar-refractivity contribution in [2.24, 2.45) is 0 Å². The summed E-state index contributed by atoms with van der Waals surface area (Å²) in [6.45, 7) is 0. The van der Waals surface area contributed by atoms with E-state index in [1.54, 1.807) is 0 Å². The number of nitrogens with one attached hydrogen (secondary N) is 1. The summed E-state index contributed by atoms with van der Waals surface area (Å²) in [4.78, 5) is 19.0. The predicted octanol–water partition coefficient (Wildman–Crippen LogP) is 0.0412. The van der Waals surface area contributed by atoms with E-state index in [1.807, 2.05) is 0 Å². The van der Waals surface area contributed by atoms with E-state index in [1.165, 1.54) is 0 Å². The zero-order chi connectivity index (χ0) is 7.94. The normalized spacial score (nSPS) is 31.7. The van der Waals surface area contributed by atoms with Crippen molar-refractivity contribution < 1.29 is 14.7 Å². The monoisotopic (exact) mass is 161 g/mol. The number of aliphatic carboxylic acids is 1. The van der Waals surface area contributed by atoms with E-state index < -0.39 is 16.6 Å². The molecular weight excluding hydrogens is 158 g/mol. The maximum atomic E-state index is 10.6. The number of carbonyl (C=O) groups is 2. The van der Waals surface area contributed by atoms with Gasteiger partial charge in [0.2, 0.25) is 10.7 Å². The number of halogens is 1. The first-order valence-electron chi connectivity index (χ1n) is 2.53. The number of carboxylic acids is 1. The second kappa shape index (κ2) is 1.79. The van der Waals surface area contributed by atoms with Crippen LogP contribution in [0.4, 0.5) is 0 Å². The van der Waals surface area contributed by atoms with E-state index in [-0.39, 0.29) is 12.1 Å². The molecule has 0 aromatic carbocycles. The van der Waals surface area contributed by atoms with Gasteiger partial charge in [0.25, 0.3) is 0 Å². The van der Waals surface area contributed by atoms with Crippen molar-refractivity contribution in [1.82, 2.24) is 0 Å². The fourth-order valence-corrected chi connectivity index (χ4v) is 0.957. The molecule has 10 heavy (non-hydrogen) atoms. The Hall–Kier alpha value is -0.900. The second-order valence-electron chi connectivity index (χ2n) is 2.09. The molecule has 5 heteroatoms. The summed E-state index contributed by atoms with van der Waals surface area (Å²) < 4.78 is 0. The van der Waals surface area contributed by atoms with E-state index >= 15 is 0 Å². The number of hydrogen-bond acceptors (Lipinski definition) is 3. The molecule has 0 aromatic heterocycles. The summed E-state index contributed by atoms with van der Waals surface area (Å²) in [7, 11) is 0. The van der Waals surface area contributed by atoms with Crippen molar-refractivity contribution in [3.63, 3.8) is 0 Å². The van der Waals surface area contributed by atoms with Crippen LogP contribution in [0.1, 0.15) is 6.42 Å². The molecule has 1 aliphatic carbocycles. The van der Waals surface area contributed by atoms with E-state index in [4.69, 9.17) is 22.1 Å². The highest BCUT2D eigenvalue weighted by molar-refractivity contribution is 6.67. The van der Waals surface area contributed by atoms with Crippen molar-refractivity contribution in [2.45, 2.75) is 11.3 Å². The van der Waals surface area contributed by atoms with Crippen LogP contribution < -0.4 is 0 Å². The topological polar surface area (TPSA) is 78.2 Å². The number of alkyl halides is 1. The Kier molecular flexibility index (Phi) is 1.29. The van der Waals surface area contributed by atoms with Gasteiger partial charge in [-0.15, -0.1) is 0 Å². The molecule has 2 N–H and O–H groups in total. The van der Waals surface area contributed by atoms with Gasteiger partial charge in [0.15, 0.2) is 0 Å². The van der Waals surface area contributed by atoms with Gasteiger partial charge in [-0.1, -0.05) is 11.6 Å². The van der Waals surface area contributed by atoms with Crippen LogP contribution in [0.25, 0.3) is 0 Å². The number of ketones is 1. The van der Waals surface area contributed by atoms with Crippen LogP contribution in [0.2, 0.25) is 0 Å². The van der Waals surface area contributed by atoms with Crippen molar-refractivity contribution in [3.8, 4) is 0 Å². The minimum atomic E-state index is -1.82. The lowest BCUT2D eigenvalue weighted by molar-refractivity contribution is -0.144. The molecule has 1 rings (SSSR count). The third kappa shape index (κ3) is 0.654. The van der Waals surface area contributed by atoms with E-state index in [9.17, 15) is 9.59 Å². The van der Waals surface area contributed by atoms with Crippen LogP contribution in [0.15, 0.2) is 0 Å². The Labute approximate surface area is 61.3 Å². The molecule has 0 radical (unpaired) electrons. The van der Waals surface area contributed by atoms with Gasteiger partial charge in [0.1, 0.15) is 0 Å². The number of rotatable bonds is 1. The van der Waals surface area contributed by atoms with Gasteiger partial charge in [-0.25, -0.2) is 4.79 Å². The Morgan fingerprint density at radius 1 is 1.80 bits per heavy atom. The fourth-order valence-electron chi connectivity index (χ4n) is 0.709. The average molecular weight is 162 g/mol. The number of Topliss-reactive ketones (excluding diaryl/α,β-unsaturated/α-hetero) is 1. The largest absolute Gasteiger partial charge is 0.480 e. The van der Waals surface area contributed by atoms with Crippen LogP contribution in [0.5, 0.6) is 0 Å². The third-order valence-electron chi connectivity index (χ3n) is 1.39. The molecule has 1 aliphatic rings. The van der Waals surface area contributed by atoms with E-state index in [2.05, 4.69) is 0 Å². The summed E-state index contributed by atoms with van der Waals surface area (Å²) in [6, 6.07) is 0. The average Bonchev–Trinajstić information content (AvgIpc) is 1.87. The lowest BCUT2D eigenvalue weighted by Gasteiger charge is -2.29. The molecule has 0 aliphatic heterocycles. The first-order chi connectivity index (χ1) is 4.48. The number of hydrogen-bond donors (Lipinski definition) is 2. The maximum Gasteiger partial charge on any atom is 0.333 e. The molecule has 0 saturated heterocycles.